The van der Waals surface area contributed by atoms with Crippen molar-refractivity contribution in [3.63, 3.8) is 0 Å². The summed E-state index contributed by atoms with van der Waals surface area (Å²) in [6.45, 7) is 2.31. The van der Waals surface area contributed by atoms with Gasteiger partial charge in [-0.1, -0.05) is 90.4 Å². The van der Waals surface area contributed by atoms with E-state index < -0.39 is 20.5 Å². The Balaban J connectivity index is 3.23. The first-order chi connectivity index (χ1) is 12.5. The molecule has 0 amide bonds. The van der Waals surface area contributed by atoms with Crippen LogP contribution < -0.4 is 0 Å². The lowest BCUT2D eigenvalue weighted by molar-refractivity contribution is 0.00414. The Kier molecular flexibility index (Phi) is 18.4. The van der Waals surface area contributed by atoms with Gasteiger partial charge in [0.25, 0.3) is 0 Å². The van der Waals surface area contributed by atoms with Crippen molar-refractivity contribution in [1.82, 2.24) is 0 Å². The van der Waals surface area contributed by atoms with E-state index in [2.05, 4.69) is 11.4 Å². The highest BCUT2D eigenvalue weighted by Crippen LogP contribution is 2.37. The lowest BCUT2D eigenvalue weighted by Gasteiger charge is -2.15. The molecule has 0 aromatic rings. The zero-order valence-corrected chi connectivity index (χ0v) is 17.5. The quantitative estimate of drug-likeness (QED) is 0.199. The fraction of sp³-hybridized carbons (Fsp3) is 1.00. The minimum Gasteiger partial charge on any atom is -0.394 e. The number of phosphoric acid groups is 1. The maximum absolute atomic E-state index is 10.7. The number of unbranched alkanes of at least 4 members (excludes halogenated alkanes) is 13. The van der Waals surface area contributed by atoms with Gasteiger partial charge in [-0.3, -0.25) is 4.52 Å². The average molecular weight is 397 g/mol. The molecule has 0 spiro atoms. The Labute approximate surface area is 159 Å². The van der Waals surface area contributed by atoms with E-state index in [1.807, 2.05) is 0 Å². The molecule has 26 heavy (non-hydrogen) atoms. The minimum atomic E-state index is -4.57. The smallest absolute Gasteiger partial charge is 0.394 e. The van der Waals surface area contributed by atoms with Crippen molar-refractivity contribution >= 4 is 7.82 Å². The molecule has 0 rings (SSSR count). The molecule has 0 radical (unpaired) electrons. The van der Waals surface area contributed by atoms with Gasteiger partial charge in [0.15, 0.2) is 0 Å². The summed E-state index contributed by atoms with van der Waals surface area (Å²) in [5, 5.41) is 8.97. The molecule has 6 nitrogen and oxygen atoms in total. The Morgan fingerprint density at radius 3 is 1.58 bits per heavy atom. The SMILES string of the molecule is CCCCCCCCCCCCCCCCOCC(CO)OP(=O)(O)O. The van der Waals surface area contributed by atoms with Crippen molar-refractivity contribution in [2.24, 2.45) is 0 Å². The highest BCUT2D eigenvalue weighted by atomic mass is 31.2. The predicted octanol–water partition coefficient (Wildman–Crippen LogP) is 4.95. The molecule has 0 aliphatic carbocycles. The molecule has 7 heteroatoms. The van der Waals surface area contributed by atoms with Gasteiger partial charge in [0.1, 0.15) is 6.10 Å². The molecule has 0 saturated carbocycles. The topological polar surface area (TPSA) is 96.2 Å². The standard InChI is InChI=1S/C19H41O6P/c1-2-3-4-5-6-7-8-9-10-11-12-13-14-15-16-24-18-19(17-20)25-26(21,22)23/h19-20H,2-18H2,1H3,(H2,21,22,23). The van der Waals surface area contributed by atoms with E-state index in [9.17, 15) is 4.57 Å². The van der Waals surface area contributed by atoms with E-state index in [0.29, 0.717) is 6.61 Å². The molecule has 0 saturated heterocycles. The summed E-state index contributed by atoms with van der Waals surface area (Å²) < 4.78 is 20.4. The molecule has 0 aliphatic heterocycles. The molecule has 1 unspecified atom stereocenters. The summed E-state index contributed by atoms with van der Waals surface area (Å²) in [5.41, 5.74) is 0. The predicted molar refractivity (Wildman–Crippen MR) is 105 cm³/mol. The lowest BCUT2D eigenvalue weighted by atomic mass is 10.0. The maximum Gasteiger partial charge on any atom is 0.470 e. The summed E-state index contributed by atoms with van der Waals surface area (Å²) in [4.78, 5) is 17.4. The number of phosphoric ester groups is 1. The zero-order valence-electron chi connectivity index (χ0n) is 16.6. The maximum atomic E-state index is 10.7. The highest BCUT2D eigenvalue weighted by molar-refractivity contribution is 7.46. The second-order valence-corrected chi connectivity index (χ2v) is 8.26. The van der Waals surface area contributed by atoms with Crippen molar-refractivity contribution in [3.05, 3.63) is 0 Å². The van der Waals surface area contributed by atoms with Gasteiger partial charge in [-0.15, -0.1) is 0 Å². The number of hydrogen-bond donors (Lipinski definition) is 3. The van der Waals surface area contributed by atoms with Crippen LogP contribution >= 0.6 is 7.82 Å². The van der Waals surface area contributed by atoms with E-state index in [4.69, 9.17) is 19.6 Å². The highest BCUT2D eigenvalue weighted by Gasteiger charge is 2.21. The van der Waals surface area contributed by atoms with Crippen molar-refractivity contribution < 1.29 is 28.7 Å². The molecule has 0 bridgehead atoms. The summed E-state index contributed by atoms with van der Waals surface area (Å²) in [6, 6.07) is 0. The molecule has 0 aromatic carbocycles. The third-order valence-corrected chi connectivity index (χ3v) is 5.01. The Hall–Kier alpha value is 0.0300. The van der Waals surface area contributed by atoms with Crippen molar-refractivity contribution in [2.45, 2.75) is 103 Å². The number of ether oxygens (including phenoxy) is 1. The fourth-order valence-electron chi connectivity index (χ4n) is 2.92. The third kappa shape index (κ3) is 20.3. The van der Waals surface area contributed by atoms with E-state index in [0.717, 1.165) is 12.8 Å². The number of rotatable bonds is 20. The summed E-state index contributed by atoms with van der Waals surface area (Å²) in [5.74, 6) is 0. The van der Waals surface area contributed by atoms with Crippen LogP contribution in [0.15, 0.2) is 0 Å². The number of aliphatic hydroxyl groups is 1. The van der Waals surface area contributed by atoms with E-state index in [1.54, 1.807) is 0 Å². The van der Waals surface area contributed by atoms with Crippen LogP contribution in [0.4, 0.5) is 0 Å². The van der Waals surface area contributed by atoms with Crippen molar-refractivity contribution in [3.8, 4) is 0 Å². The molecule has 1 atom stereocenters. The lowest BCUT2D eigenvalue weighted by Crippen LogP contribution is -2.23. The van der Waals surface area contributed by atoms with Crippen molar-refractivity contribution in [2.75, 3.05) is 19.8 Å². The fourth-order valence-corrected chi connectivity index (χ4v) is 3.44. The zero-order chi connectivity index (χ0) is 19.5. The monoisotopic (exact) mass is 396 g/mol. The van der Waals surface area contributed by atoms with Crippen LogP contribution in [0.2, 0.25) is 0 Å². The first-order valence-corrected chi connectivity index (χ1v) is 11.9. The summed E-state index contributed by atoms with van der Waals surface area (Å²) in [7, 11) is -4.57. The third-order valence-electron chi connectivity index (χ3n) is 4.44. The molecule has 158 valence electrons. The molecular formula is C19H41O6P. The van der Waals surface area contributed by atoms with E-state index in [-0.39, 0.29) is 6.61 Å². The Bertz CT molecular complexity index is 334. The van der Waals surface area contributed by atoms with Crippen LogP contribution in [0, 0.1) is 0 Å². The molecule has 0 heterocycles. The van der Waals surface area contributed by atoms with Crippen LogP contribution in [0.5, 0.6) is 0 Å². The van der Waals surface area contributed by atoms with Gasteiger partial charge in [-0.25, -0.2) is 4.57 Å². The minimum absolute atomic E-state index is 0.0000540. The van der Waals surface area contributed by atoms with E-state index >= 15 is 0 Å². The second-order valence-electron chi connectivity index (χ2n) is 7.07. The number of hydrogen-bond acceptors (Lipinski definition) is 4. The van der Waals surface area contributed by atoms with Gasteiger partial charge in [-0.05, 0) is 6.42 Å². The van der Waals surface area contributed by atoms with Crippen LogP contribution in [0.25, 0.3) is 0 Å². The van der Waals surface area contributed by atoms with Gasteiger partial charge in [-0.2, -0.15) is 0 Å². The van der Waals surface area contributed by atoms with Crippen LogP contribution in [0.3, 0.4) is 0 Å². The molecule has 0 aromatic heterocycles. The normalized spacial score (nSPS) is 13.2. The van der Waals surface area contributed by atoms with Gasteiger partial charge in [0.2, 0.25) is 0 Å². The van der Waals surface area contributed by atoms with Gasteiger partial charge >= 0.3 is 7.82 Å². The van der Waals surface area contributed by atoms with Gasteiger partial charge < -0.3 is 19.6 Å². The van der Waals surface area contributed by atoms with Crippen LogP contribution in [0.1, 0.15) is 96.8 Å². The largest absolute Gasteiger partial charge is 0.470 e. The molecule has 3 N–H and O–H groups in total. The molecule has 0 fully saturated rings. The average Bonchev–Trinajstić information content (AvgIpc) is 2.59. The molecule has 0 aliphatic rings. The summed E-state index contributed by atoms with van der Waals surface area (Å²) in [6.07, 6.45) is 17.2. The second kappa shape index (κ2) is 18.4. The number of aliphatic hydroxyl groups excluding tert-OH is 1. The first-order valence-electron chi connectivity index (χ1n) is 10.4. The van der Waals surface area contributed by atoms with Gasteiger partial charge in [0, 0.05) is 6.61 Å². The van der Waals surface area contributed by atoms with E-state index in [1.165, 1.54) is 77.0 Å². The van der Waals surface area contributed by atoms with Crippen LogP contribution in [-0.4, -0.2) is 40.8 Å². The summed E-state index contributed by atoms with van der Waals surface area (Å²) >= 11 is 0. The Morgan fingerprint density at radius 2 is 1.19 bits per heavy atom. The van der Waals surface area contributed by atoms with Crippen molar-refractivity contribution in [1.29, 1.82) is 0 Å². The van der Waals surface area contributed by atoms with Gasteiger partial charge in [0.05, 0.1) is 13.2 Å². The Morgan fingerprint density at radius 1 is 0.769 bits per heavy atom. The van der Waals surface area contributed by atoms with Crippen LogP contribution in [-0.2, 0) is 13.8 Å². The molecular weight excluding hydrogens is 355 g/mol. The first kappa shape index (κ1) is 26.0.